The van der Waals surface area contributed by atoms with Crippen LogP contribution in [0.4, 0.5) is 0 Å². The Hall–Kier alpha value is -2.86. The van der Waals surface area contributed by atoms with Crippen molar-refractivity contribution in [3.05, 3.63) is 71.3 Å². The van der Waals surface area contributed by atoms with Crippen LogP contribution in [0.3, 0.4) is 0 Å². The number of aromatic amines is 1. The molecule has 0 aliphatic carbocycles. The van der Waals surface area contributed by atoms with Crippen molar-refractivity contribution >= 4 is 0 Å². The van der Waals surface area contributed by atoms with E-state index in [-0.39, 0.29) is 12.8 Å². The van der Waals surface area contributed by atoms with Crippen LogP contribution >= 0.6 is 0 Å². The number of H-pyrrole nitrogens is 1. The summed E-state index contributed by atoms with van der Waals surface area (Å²) in [5.41, 5.74) is 2.37. The molecule has 0 saturated heterocycles. The second kappa shape index (κ2) is 7.17. The molecule has 134 valence electrons. The first-order chi connectivity index (χ1) is 12.7. The minimum atomic E-state index is -0.0498. The molecule has 0 fully saturated rings. The van der Waals surface area contributed by atoms with Gasteiger partial charge in [-0.3, -0.25) is 10.00 Å². The lowest BCUT2D eigenvalue weighted by atomic mass is 10.0. The van der Waals surface area contributed by atoms with Crippen LogP contribution in [-0.2, 0) is 12.8 Å². The quantitative estimate of drug-likeness (QED) is 0.740. The predicted octanol–water partition coefficient (Wildman–Crippen LogP) is 2.97. The Morgan fingerprint density at radius 1 is 1.04 bits per heavy atom. The van der Waals surface area contributed by atoms with Gasteiger partial charge in [0, 0.05) is 6.42 Å². The molecule has 0 saturated carbocycles. The smallest absolute Gasteiger partial charge is 0.231 e. The van der Waals surface area contributed by atoms with E-state index >= 15 is 0 Å². The van der Waals surface area contributed by atoms with Gasteiger partial charge in [-0.2, -0.15) is 5.10 Å². The number of aromatic nitrogens is 3. The summed E-state index contributed by atoms with van der Waals surface area (Å²) in [6.45, 7) is 0.274. The topological polar surface area (TPSA) is 63.3 Å². The van der Waals surface area contributed by atoms with Gasteiger partial charge >= 0.3 is 0 Å². The van der Waals surface area contributed by atoms with Crippen molar-refractivity contribution in [2.45, 2.75) is 18.9 Å². The van der Waals surface area contributed by atoms with Gasteiger partial charge in [-0.05, 0) is 43.8 Å². The van der Waals surface area contributed by atoms with Gasteiger partial charge in [0.25, 0.3) is 0 Å². The van der Waals surface area contributed by atoms with Crippen LogP contribution in [0.25, 0.3) is 0 Å². The summed E-state index contributed by atoms with van der Waals surface area (Å²) in [6.07, 6.45) is 1.77. The first kappa shape index (κ1) is 16.6. The fraction of sp³-hybridized carbons (Fsp3) is 0.300. The van der Waals surface area contributed by atoms with Gasteiger partial charge in [-0.1, -0.05) is 36.4 Å². The average Bonchev–Trinajstić information content (AvgIpc) is 3.30. The molecule has 1 aliphatic heterocycles. The number of benzene rings is 2. The van der Waals surface area contributed by atoms with E-state index in [0.29, 0.717) is 0 Å². The van der Waals surface area contributed by atoms with Gasteiger partial charge in [-0.15, -0.1) is 0 Å². The van der Waals surface area contributed by atoms with Gasteiger partial charge in [-0.25, -0.2) is 4.98 Å². The zero-order valence-corrected chi connectivity index (χ0v) is 15.0. The fourth-order valence-corrected chi connectivity index (χ4v) is 3.21. The number of hydrogen-bond acceptors (Lipinski definition) is 5. The van der Waals surface area contributed by atoms with Gasteiger partial charge < -0.3 is 9.47 Å². The molecule has 0 amide bonds. The average molecular weight is 350 g/mol. The number of rotatable bonds is 6. The number of aryl methyl sites for hydroxylation is 2. The summed E-state index contributed by atoms with van der Waals surface area (Å²) in [4.78, 5) is 6.84. The van der Waals surface area contributed by atoms with E-state index in [0.717, 1.165) is 41.6 Å². The third-order valence-corrected chi connectivity index (χ3v) is 4.52. The van der Waals surface area contributed by atoms with E-state index in [9.17, 15) is 0 Å². The van der Waals surface area contributed by atoms with Crippen molar-refractivity contribution in [3.8, 4) is 11.5 Å². The summed E-state index contributed by atoms with van der Waals surface area (Å²) in [7, 11) is 4.05. The Morgan fingerprint density at radius 2 is 1.85 bits per heavy atom. The first-order valence-corrected chi connectivity index (χ1v) is 8.72. The van der Waals surface area contributed by atoms with E-state index in [4.69, 9.17) is 14.5 Å². The maximum Gasteiger partial charge on any atom is 0.231 e. The largest absolute Gasteiger partial charge is 0.454 e. The third kappa shape index (κ3) is 3.41. The highest BCUT2D eigenvalue weighted by Gasteiger charge is 2.24. The molecule has 1 aliphatic rings. The third-order valence-electron chi connectivity index (χ3n) is 4.52. The van der Waals surface area contributed by atoms with Crippen LogP contribution < -0.4 is 9.47 Å². The van der Waals surface area contributed by atoms with Crippen LogP contribution in [0.1, 0.15) is 28.8 Å². The number of nitrogens with zero attached hydrogens (tertiary/aromatic N) is 3. The van der Waals surface area contributed by atoms with E-state index in [1.54, 1.807) is 0 Å². The van der Waals surface area contributed by atoms with E-state index < -0.39 is 0 Å². The minimum Gasteiger partial charge on any atom is -0.454 e. The van der Waals surface area contributed by atoms with Crippen LogP contribution in [0, 0.1) is 0 Å². The lowest BCUT2D eigenvalue weighted by molar-refractivity contribution is 0.174. The number of ether oxygens (including phenoxy) is 2. The Balaban J connectivity index is 1.53. The van der Waals surface area contributed by atoms with Crippen LogP contribution in [0.15, 0.2) is 48.5 Å². The molecular formula is C20H22N4O2. The predicted molar refractivity (Wildman–Crippen MR) is 98.3 cm³/mol. The highest BCUT2D eigenvalue weighted by Crippen LogP contribution is 2.36. The van der Waals surface area contributed by atoms with Crippen LogP contribution in [0.5, 0.6) is 11.5 Å². The molecule has 6 heteroatoms. The molecule has 1 atom stereocenters. The van der Waals surface area contributed by atoms with Gasteiger partial charge in [0.1, 0.15) is 5.82 Å². The normalized spacial score (nSPS) is 14.0. The maximum atomic E-state index is 5.51. The highest BCUT2D eigenvalue weighted by atomic mass is 16.7. The summed E-state index contributed by atoms with van der Waals surface area (Å²) < 4.78 is 10.9. The molecule has 2 heterocycles. The summed E-state index contributed by atoms with van der Waals surface area (Å²) in [5, 5.41) is 7.56. The second-order valence-electron chi connectivity index (χ2n) is 6.60. The van der Waals surface area contributed by atoms with Crippen LogP contribution in [0.2, 0.25) is 0 Å². The second-order valence-corrected chi connectivity index (χ2v) is 6.60. The molecule has 1 aromatic heterocycles. The standard InChI is InChI=1S/C20H22N4O2/c1-24(2)19(15-9-10-16-17(12-15)26-13-25-16)20-21-18(22-23-20)11-8-14-6-4-3-5-7-14/h3-7,9-10,12,19H,8,11,13H2,1-2H3,(H,21,22,23). The maximum absolute atomic E-state index is 5.51. The fourth-order valence-electron chi connectivity index (χ4n) is 3.21. The van der Waals surface area contributed by atoms with Crippen molar-refractivity contribution < 1.29 is 9.47 Å². The lowest BCUT2D eigenvalue weighted by Gasteiger charge is -2.22. The van der Waals surface area contributed by atoms with Gasteiger partial charge in [0.15, 0.2) is 17.3 Å². The molecular weight excluding hydrogens is 328 g/mol. The molecule has 1 unspecified atom stereocenters. The SMILES string of the molecule is CN(C)C(c1ccc2c(c1)OCO2)c1n[nH]c(CCc2ccccc2)n1. The number of nitrogens with one attached hydrogen (secondary N) is 1. The monoisotopic (exact) mass is 350 g/mol. The molecule has 3 aromatic rings. The van der Waals surface area contributed by atoms with Crippen molar-refractivity contribution in [1.29, 1.82) is 0 Å². The van der Waals surface area contributed by atoms with Crippen molar-refractivity contribution in [2.75, 3.05) is 20.9 Å². The molecule has 0 radical (unpaired) electrons. The van der Waals surface area contributed by atoms with Gasteiger partial charge in [0.05, 0.1) is 6.04 Å². The van der Waals surface area contributed by atoms with Crippen molar-refractivity contribution in [1.82, 2.24) is 20.1 Å². The van der Waals surface area contributed by atoms with Crippen molar-refractivity contribution in [3.63, 3.8) is 0 Å². The molecule has 6 nitrogen and oxygen atoms in total. The molecule has 1 N–H and O–H groups in total. The van der Waals surface area contributed by atoms with Gasteiger partial charge in [0.2, 0.25) is 6.79 Å². The van der Waals surface area contributed by atoms with Crippen molar-refractivity contribution in [2.24, 2.45) is 0 Å². The van der Waals surface area contributed by atoms with E-state index in [1.807, 2.05) is 38.4 Å². The minimum absolute atomic E-state index is 0.0498. The molecule has 2 aromatic carbocycles. The first-order valence-electron chi connectivity index (χ1n) is 8.72. The zero-order valence-electron chi connectivity index (χ0n) is 15.0. The molecule has 26 heavy (non-hydrogen) atoms. The molecule has 0 bridgehead atoms. The van der Waals surface area contributed by atoms with E-state index in [2.05, 4.69) is 39.4 Å². The molecule has 0 spiro atoms. The Bertz CT molecular complexity index is 877. The lowest BCUT2D eigenvalue weighted by Crippen LogP contribution is -2.22. The summed E-state index contributed by atoms with van der Waals surface area (Å²) >= 11 is 0. The number of hydrogen-bond donors (Lipinski definition) is 1. The Labute approximate surface area is 152 Å². The molecule has 4 rings (SSSR count). The Morgan fingerprint density at radius 3 is 2.65 bits per heavy atom. The Kier molecular flexibility index (Phi) is 4.58. The van der Waals surface area contributed by atoms with Crippen LogP contribution in [-0.4, -0.2) is 41.0 Å². The zero-order chi connectivity index (χ0) is 17.9. The van der Waals surface area contributed by atoms with E-state index in [1.165, 1.54) is 5.56 Å². The highest BCUT2D eigenvalue weighted by molar-refractivity contribution is 5.46. The summed E-state index contributed by atoms with van der Waals surface area (Å²) in [5.74, 6) is 3.22. The number of fused-ring (bicyclic) bond motifs is 1. The summed E-state index contributed by atoms with van der Waals surface area (Å²) in [6, 6.07) is 16.3.